The van der Waals surface area contributed by atoms with Gasteiger partial charge in [-0.1, -0.05) is 15.9 Å². The van der Waals surface area contributed by atoms with Crippen LogP contribution in [0.3, 0.4) is 0 Å². The minimum Gasteiger partial charge on any atom is -0.508 e. The van der Waals surface area contributed by atoms with E-state index in [4.69, 9.17) is 0 Å². The van der Waals surface area contributed by atoms with Crippen LogP contribution in [0.5, 0.6) is 5.75 Å². The second-order valence-electron chi connectivity index (χ2n) is 4.52. The summed E-state index contributed by atoms with van der Waals surface area (Å²) in [6, 6.07) is 5.54. The average molecular weight is 308 g/mol. The summed E-state index contributed by atoms with van der Waals surface area (Å²) in [5.41, 5.74) is 0.949. The number of rotatable bonds is 2. The van der Waals surface area contributed by atoms with Gasteiger partial charge >= 0.3 is 0 Å². The van der Waals surface area contributed by atoms with Crippen molar-refractivity contribution in [1.29, 1.82) is 0 Å². The lowest BCUT2D eigenvalue weighted by atomic mass is 10.2. The van der Waals surface area contributed by atoms with Crippen molar-refractivity contribution in [1.82, 2.24) is 14.5 Å². The van der Waals surface area contributed by atoms with Gasteiger partial charge in [0.2, 0.25) is 0 Å². The topological polar surface area (TPSA) is 41.3 Å². The largest absolute Gasteiger partial charge is 0.508 e. The first kappa shape index (κ1) is 11.7. The molecular weight excluding hydrogens is 294 g/mol. The lowest BCUT2D eigenvalue weighted by molar-refractivity contribution is 0.206. The van der Waals surface area contributed by atoms with Crippen LogP contribution >= 0.6 is 15.9 Å². The lowest BCUT2D eigenvalue weighted by Gasteiger charge is -2.27. The molecule has 18 heavy (non-hydrogen) atoms. The normalized spacial score (nSPS) is 15.6. The van der Waals surface area contributed by atoms with Crippen molar-refractivity contribution in [2.75, 3.05) is 6.54 Å². The summed E-state index contributed by atoms with van der Waals surface area (Å²) in [5, 5.41) is 9.85. The fraction of sp³-hybridized carbons (Fsp3) is 0.308. The van der Waals surface area contributed by atoms with Crippen LogP contribution in [0.1, 0.15) is 11.4 Å². The minimum atomic E-state index is 0.354. The third-order valence-corrected chi connectivity index (χ3v) is 3.75. The van der Waals surface area contributed by atoms with Gasteiger partial charge in [0, 0.05) is 42.1 Å². The van der Waals surface area contributed by atoms with Crippen LogP contribution in [0.2, 0.25) is 0 Å². The zero-order valence-corrected chi connectivity index (χ0v) is 11.5. The highest BCUT2D eigenvalue weighted by Crippen LogP contribution is 2.24. The molecule has 2 aromatic rings. The summed E-state index contributed by atoms with van der Waals surface area (Å²) in [7, 11) is 0. The monoisotopic (exact) mass is 307 g/mol. The van der Waals surface area contributed by atoms with E-state index in [-0.39, 0.29) is 0 Å². The summed E-state index contributed by atoms with van der Waals surface area (Å²) in [6.07, 6.45) is 3.86. The molecule has 1 N–H and O–H groups in total. The zero-order chi connectivity index (χ0) is 12.5. The van der Waals surface area contributed by atoms with Crippen molar-refractivity contribution in [3.63, 3.8) is 0 Å². The summed E-state index contributed by atoms with van der Waals surface area (Å²) < 4.78 is 3.17. The predicted molar refractivity (Wildman–Crippen MR) is 72.1 cm³/mol. The zero-order valence-electron chi connectivity index (χ0n) is 9.88. The number of imidazole rings is 1. The molecule has 0 spiro atoms. The van der Waals surface area contributed by atoms with Gasteiger partial charge in [0.25, 0.3) is 0 Å². The van der Waals surface area contributed by atoms with E-state index < -0.39 is 0 Å². The Morgan fingerprint density at radius 1 is 1.33 bits per heavy atom. The Balaban J connectivity index is 1.76. The van der Waals surface area contributed by atoms with Crippen LogP contribution in [-0.4, -0.2) is 26.1 Å². The minimum absolute atomic E-state index is 0.354. The predicted octanol–water partition coefficient (Wildman–Crippen LogP) is 2.37. The summed E-state index contributed by atoms with van der Waals surface area (Å²) in [5.74, 6) is 1.45. The second-order valence-corrected chi connectivity index (χ2v) is 5.44. The maximum Gasteiger partial charge on any atom is 0.122 e. The maximum atomic E-state index is 9.85. The van der Waals surface area contributed by atoms with E-state index in [0.29, 0.717) is 5.75 Å². The number of nitrogens with zero attached hydrogens (tertiary/aromatic N) is 3. The molecule has 0 radical (unpaired) electrons. The third kappa shape index (κ3) is 2.28. The fourth-order valence-electron chi connectivity index (χ4n) is 2.28. The number of benzene rings is 1. The standard InChI is InChI=1S/C13H14BrN3O/c14-11-1-2-12(18)10(7-11)8-16-5-6-17-4-3-15-13(17)9-16/h1-4,7,18H,5-6,8-9H2. The van der Waals surface area contributed by atoms with Crippen LogP contribution in [0.4, 0.5) is 0 Å². The van der Waals surface area contributed by atoms with Gasteiger partial charge in [-0.2, -0.15) is 0 Å². The molecule has 1 aliphatic heterocycles. The van der Waals surface area contributed by atoms with Gasteiger partial charge < -0.3 is 9.67 Å². The Morgan fingerprint density at radius 2 is 2.22 bits per heavy atom. The molecule has 0 bridgehead atoms. The smallest absolute Gasteiger partial charge is 0.122 e. The Morgan fingerprint density at radius 3 is 3.11 bits per heavy atom. The van der Waals surface area contributed by atoms with Gasteiger partial charge in [0.05, 0.1) is 6.54 Å². The first-order valence-electron chi connectivity index (χ1n) is 5.92. The molecule has 94 valence electrons. The van der Waals surface area contributed by atoms with Crippen LogP contribution in [0.15, 0.2) is 35.1 Å². The molecule has 0 atom stereocenters. The number of aromatic nitrogens is 2. The molecule has 0 saturated carbocycles. The Bertz CT molecular complexity index is 567. The number of phenolic OH excluding ortho intramolecular Hbond substituents is 1. The fourth-order valence-corrected chi connectivity index (χ4v) is 2.69. The van der Waals surface area contributed by atoms with Crippen molar-refractivity contribution in [3.8, 4) is 5.75 Å². The number of hydrogen-bond acceptors (Lipinski definition) is 3. The second kappa shape index (κ2) is 4.74. The Kier molecular flexibility index (Phi) is 3.09. The average Bonchev–Trinajstić information content (AvgIpc) is 2.81. The van der Waals surface area contributed by atoms with E-state index in [1.807, 2.05) is 24.5 Å². The van der Waals surface area contributed by atoms with E-state index in [1.165, 1.54) is 0 Å². The molecule has 1 aromatic carbocycles. The maximum absolute atomic E-state index is 9.85. The van der Waals surface area contributed by atoms with Crippen LogP contribution in [0, 0.1) is 0 Å². The van der Waals surface area contributed by atoms with E-state index in [1.54, 1.807) is 6.07 Å². The third-order valence-electron chi connectivity index (χ3n) is 3.26. The molecule has 0 fully saturated rings. The van der Waals surface area contributed by atoms with Gasteiger partial charge in [-0.05, 0) is 18.2 Å². The molecule has 5 heteroatoms. The number of fused-ring (bicyclic) bond motifs is 1. The Hall–Kier alpha value is -1.33. The van der Waals surface area contributed by atoms with Crippen LogP contribution < -0.4 is 0 Å². The SMILES string of the molecule is Oc1ccc(Br)cc1CN1CCn2ccnc2C1. The number of hydrogen-bond donors (Lipinski definition) is 1. The van der Waals surface area contributed by atoms with E-state index >= 15 is 0 Å². The van der Waals surface area contributed by atoms with Crippen LogP contribution in [0.25, 0.3) is 0 Å². The highest BCUT2D eigenvalue weighted by atomic mass is 79.9. The highest BCUT2D eigenvalue weighted by Gasteiger charge is 2.17. The molecule has 1 aromatic heterocycles. The summed E-state index contributed by atoms with van der Waals surface area (Å²) in [4.78, 5) is 6.63. The van der Waals surface area contributed by atoms with Crippen LogP contribution in [-0.2, 0) is 19.6 Å². The summed E-state index contributed by atoms with van der Waals surface area (Å²) >= 11 is 3.43. The van der Waals surface area contributed by atoms with Gasteiger partial charge in [-0.15, -0.1) is 0 Å². The molecule has 0 amide bonds. The van der Waals surface area contributed by atoms with Gasteiger partial charge in [-0.25, -0.2) is 4.98 Å². The van der Waals surface area contributed by atoms with E-state index in [9.17, 15) is 5.11 Å². The molecule has 1 aliphatic rings. The van der Waals surface area contributed by atoms with Gasteiger partial charge in [0.1, 0.15) is 11.6 Å². The summed E-state index contributed by atoms with van der Waals surface area (Å²) in [6.45, 7) is 3.52. The van der Waals surface area contributed by atoms with Crippen molar-refractivity contribution >= 4 is 15.9 Å². The molecule has 4 nitrogen and oxygen atoms in total. The van der Waals surface area contributed by atoms with Gasteiger partial charge in [0.15, 0.2) is 0 Å². The molecule has 3 rings (SSSR count). The highest BCUT2D eigenvalue weighted by molar-refractivity contribution is 9.10. The van der Waals surface area contributed by atoms with Gasteiger partial charge in [-0.3, -0.25) is 4.90 Å². The first-order chi connectivity index (χ1) is 8.72. The Labute approximate surface area is 114 Å². The molecule has 0 unspecified atom stereocenters. The number of aromatic hydroxyl groups is 1. The van der Waals surface area contributed by atoms with Crippen molar-refractivity contribution in [2.45, 2.75) is 19.6 Å². The molecule has 0 aliphatic carbocycles. The molecule has 0 saturated heterocycles. The molecular formula is C13H14BrN3O. The van der Waals surface area contributed by atoms with Crippen molar-refractivity contribution < 1.29 is 5.11 Å². The first-order valence-corrected chi connectivity index (χ1v) is 6.71. The number of phenols is 1. The van der Waals surface area contributed by atoms with E-state index in [2.05, 4.69) is 30.4 Å². The van der Waals surface area contributed by atoms with Crippen molar-refractivity contribution in [2.24, 2.45) is 0 Å². The number of halogens is 1. The molecule has 2 heterocycles. The quantitative estimate of drug-likeness (QED) is 0.926. The van der Waals surface area contributed by atoms with E-state index in [0.717, 1.165) is 42.0 Å². The van der Waals surface area contributed by atoms with Crippen molar-refractivity contribution in [3.05, 3.63) is 46.5 Å². The lowest BCUT2D eigenvalue weighted by Crippen LogP contribution is -2.33.